The van der Waals surface area contributed by atoms with Crippen LogP contribution < -0.4 is 4.90 Å². The Morgan fingerprint density at radius 3 is 2.50 bits per heavy atom. The fourth-order valence-corrected chi connectivity index (χ4v) is 3.64. The van der Waals surface area contributed by atoms with Crippen LogP contribution in [0.3, 0.4) is 0 Å². The fraction of sp³-hybridized carbons (Fsp3) is 0.200. The zero-order valence-corrected chi connectivity index (χ0v) is 16.0. The van der Waals surface area contributed by atoms with Crippen molar-refractivity contribution in [1.29, 1.82) is 0 Å². The summed E-state index contributed by atoms with van der Waals surface area (Å²) in [6, 6.07) is 21.9. The summed E-state index contributed by atoms with van der Waals surface area (Å²) in [6.45, 7) is 3.05. The van der Waals surface area contributed by atoms with E-state index in [-0.39, 0.29) is 12.4 Å². The standard InChI is InChI=1S/C20H19BrN2.ClH/c1-22-10-11-23(20-13-18(21)8-6-17(20)14-22)19-9-7-15-4-2-3-5-16(15)12-19;/h2-9,12-13H,10-11,14H2,1H3;1H. The minimum atomic E-state index is 0. The molecule has 0 amide bonds. The second kappa shape index (κ2) is 7.14. The number of hydrogen-bond acceptors (Lipinski definition) is 2. The van der Waals surface area contributed by atoms with E-state index in [0.29, 0.717) is 0 Å². The molecule has 0 N–H and O–H groups in total. The van der Waals surface area contributed by atoms with Gasteiger partial charge in [-0.15, -0.1) is 12.4 Å². The van der Waals surface area contributed by atoms with E-state index >= 15 is 0 Å². The molecule has 1 aliphatic rings. The first-order valence-electron chi connectivity index (χ1n) is 7.94. The van der Waals surface area contributed by atoms with Gasteiger partial charge in [0.2, 0.25) is 0 Å². The number of nitrogens with zero attached hydrogens (tertiary/aromatic N) is 2. The van der Waals surface area contributed by atoms with Crippen LogP contribution in [-0.4, -0.2) is 25.0 Å². The van der Waals surface area contributed by atoms with E-state index in [4.69, 9.17) is 0 Å². The van der Waals surface area contributed by atoms with Crippen molar-refractivity contribution in [1.82, 2.24) is 4.90 Å². The lowest BCUT2D eigenvalue weighted by Crippen LogP contribution is -2.26. The number of anilines is 2. The zero-order valence-electron chi connectivity index (χ0n) is 13.6. The normalized spacial score (nSPS) is 14.8. The third-order valence-corrected chi connectivity index (χ3v) is 5.02. The average molecular weight is 404 g/mol. The van der Waals surface area contributed by atoms with Crippen LogP contribution in [0.4, 0.5) is 11.4 Å². The molecule has 0 saturated carbocycles. The molecule has 4 rings (SSSR count). The van der Waals surface area contributed by atoms with E-state index < -0.39 is 0 Å². The molecular formula is C20H20BrClN2. The van der Waals surface area contributed by atoms with Gasteiger partial charge in [0.05, 0.1) is 0 Å². The molecule has 0 atom stereocenters. The molecule has 0 aliphatic carbocycles. The van der Waals surface area contributed by atoms with Crippen molar-refractivity contribution in [3.8, 4) is 0 Å². The third kappa shape index (κ3) is 3.30. The highest BCUT2D eigenvalue weighted by Crippen LogP contribution is 2.34. The first-order valence-corrected chi connectivity index (χ1v) is 8.73. The Labute approximate surface area is 157 Å². The molecule has 0 unspecified atom stereocenters. The van der Waals surface area contributed by atoms with E-state index in [9.17, 15) is 0 Å². The molecule has 0 radical (unpaired) electrons. The Morgan fingerprint density at radius 2 is 1.67 bits per heavy atom. The summed E-state index contributed by atoms with van der Waals surface area (Å²) < 4.78 is 1.13. The van der Waals surface area contributed by atoms with Gasteiger partial charge in [-0.05, 0) is 47.6 Å². The number of likely N-dealkylation sites (N-methyl/N-ethyl adjacent to an activating group) is 1. The minimum Gasteiger partial charge on any atom is -0.340 e. The van der Waals surface area contributed by atoms with Crippen molar-refractivity contribution in [3.63, 3.8) is 0 Å². The van der Waals surface area contributed by atoms with Crippen LogP contribution in [0, 0.1) is 0 Å². The van der Waals surface area contributed by atoms with Crippen LogP contribution in [0.2, 0.25) is 0 Å². The lowest BCUT2D eigenvalue weighted by Gasteiger charge is -2.25. The van der Waals surface area contributed by atoms with Gasteiger partial charge < -0.3 is 9.80 Å². The zero-order chi connectivity index (χ0) is 15.8. The van der Waals surface area contributed by atoms with Crippen molar-refractivity contribution in [3.05, 3.63) is 70.7 Å². The number of fused-ring (bicyclic) bond motifs is 2. The Morgan fingerprint density at radius 1 is 0.875 bits per heavy atom. The number of benzene rings is 3. The first-order chi connectivity index (χ1) is 11.2. The Hall–Kier alpha value is -1.55. The van der Waals surface area contributed by atoms with Crippen molar-refractivity contribution < 1.29 is 0 Å². The van der Waals surface area contributed by atoms with Gasteiger partial charge in [-0.1, -0.05) is 52.3 Å². The monoisotopic (exact) mass is 402 g/mol. The summed E-state index contributed by atoms with van der Waals surface area (Å²) in [5.41, 5.74) is 3.94. The molecule has 1 heterocycles. The number of hydrogen-bond donors (Lipinski definition) is 0. The van der Waals surface area contributed by atoms with Crippen molar-refractivity contribution in [2.24, 2.45) is 0 Å². The highest BCUT2D eigenvalue weighted by atomic mass is 79.9. The Kier molecular flexibility index (Phi) is 5.14. The highest BCUT2D eigenvalue weighted by molar-refractivity contribution is 9.10. The quantitative estimate of drug-likeness (QED) is 0.521. The molecule has 3 aromatic carbocycles. The van der Waals surface area contributed by atoms with Gasteiger partial charge in [0.15, 0.2) is 0 Å². The minimum absolute atomic E-state index is 0. The van der Waals surface area contributed by atoms with Crippen LogP contribution in [-0.2, 0) is 6.54 Å². The molecule has 0 aromatic heterocycles. The summed E-state index contributed by atoms with van der Waals surface area (Å²) in [4.78, 5) is 4.82. The van der Waals surface area contributed by atoms with E-state index in [1.165, 1.54) is 27.7 Å². The Bertz CT molecular complexity index is 865. The lowest BCUT2D eigenvalue weighted by atomic mass is 10.1. The maximum absolute atomic E-state index is 3.63. The largest absolute Gasteiger partial charge is 0.340 e. The van der Waals surface area contributed by atoms with E-state index in [1.807, 2.05) is 0 Å². The molecule has 0 saturated heterocycles. The van der Waals surface area contributed by atoms with Gasteiger partial charge in [-0.3, -0.25) is 0 Å². The lowest BCUT2D eigenvalue weighted by molar-refractivity contribution is 0.343. The van der Waals surface area contributed by atoms with E-state index in [1.54, 1.807) is 0 Å². The summed E-state index contributed by atoms with van der Waals surface area (Å²) in [7, 11) is 2.19. The molecule has 4 heteroatoms. The molecule has 124 valence electrons. The summed E-state index contributed by atoms with van der Waals surface area (Å²) in [5.74, 6) is 0. The smallest absolute Gasteiger partial charge is 0.0468 e. The number of halogens is 2. The van der Waals surface area contributed by atoms with Crippen LogP contribution in [0.25, 0.3) is 10.8 Å². The third-order valence-electron chi connectivity index (χ3n) is 4.53. The molecule has 0 bridgehead atoms. The second-order valence-corrected chi connectivity index (χ2v) is 7.11. The van der Waals surface area contributed by atoms with Crippen molar-refractivity contribution in [2.45, 2.75) is 6.54 Å². The summed E-state index contributed by atoms with van der Waals surface area (Å²) >= 11 is 3.63. The number of rotatable bonds is 1. The molecule has 3 aromatic rings. The maximum atomic E-state index is 3.63. The second-order valence-electron chi connectivity index (χ2n) is 6.19. The fourth-order valence-electron chi connectivity index (χ4n) is 3.30. The predicted molar refractivity (Wildman–Crippen MR) is 109 cm³/mol. The Balaban J connectivity index is 0.00000169. The molecule has 0 spiro atoms. The van der Waals surface area contributed by atoms with Crippen LogP contribution in [0.5, 0.6) is 0 Å². The van der Waals surface area contributed by atoms with Gasteiger partial charge in [-0.2, -0.15) is 0 Å². The van der Waals surface area contributed by atoms with E-state index in [2.05, 4.69) is 93.4 Å². The van der Waals surface area contributed by atoms with Crippen molar-refractivity contribution >= 4 is 50.5 Å². The predicted octanol–water partition coefficient (Wildman–Crippen LogP) is 5.61. The van der Waals surface area contributed by atoms with Crippen LogP contribution >= 0.6 is 28.3 Å². The van der Waals surface area contributed by atoms with Gasteiger partial charge in [0.1, 0.15) is 0 Å². The van der Waals surface area contributed by atoms with Gasteiger partial charge in [-0.25, -0.2) is 0 Å². The van der Waals surface area contributed by atoms with Gasteiger partial charge in [0, 0.05) is 35.5 Å². The summed E-state index contributed by atoms with van der Waals surface area (Å²) in [5, 5.41) is 2.58. The summed E-state index contributed by atoms with van der Waals surface area (Å²) in [6.07, 6.45) is 0. The molecule has 1 aliphatic heterocycles. The molecule has 24 heavy (non-hydrogen) atoms. The van der Waals surface area contributed by atoms with Crippen molar-refractivity contribution in [2.75, 3.05) is 25.0 Å². The van der Waals surface area contributed by atoms with Crippen LogP contribution in [0.15, 0.2) is 65.1 Å². The van der Waals surface area contributed by atoms with Gasteiger partial charge in [0.25, 0.3) is 0 Å². The van der Waals surface area contributed by atoms with E-state index in [0.717, 1.165) is 24.1 Å². The van der Waals surface area contributed by atoms with Crippen LogP contribution in [0.1, 0.15) is 5.56 Å². The molecule has 2 nitrogen and oxygen atoms in total. The first kappa shape index (κ1) is 17.3. The molecule has 0 fully saturated rings. The van der Waals surface area contributed by atoms with Gasteiger partial charge >= 0.3 is 0 Å². The SMILES string of the molecule is CN1CCN(c2ccc3ccccc3c2)c2cc(Br)ccc2C1.Cl. The average Bonchev–Trinajstić information content (AvgIpc) is 2.73. The maximum Gasteiger partial charge on any atom is 0.0468 e. The topological polar surface area (TPSA) is 6.48 Å². The molecular weight excluding hydrogens is 384 g/mol. The highest BCUT2D eigenvalue weighted by Gasteiger charge is 2.19.